The van der Waals surface area contributed by atoms with Crippen LogP contribution in [0.3, 0.4) is 0 Å². The van der Waals surface area contributed by atoms with Gasteiger partial charge in [0.05, 0.1) is 5.69 Å². The van der Waals surface area contributed by atoms with Crippen LogP contribution in [-0.4, -0.2) is 9.78 Å². The lowest BCUT2D eigenvalue weighted by atomic mass is 9.99. The van der Waals surface area contributed by atoms with Crippen LogP contribution in [0.2, 0.25) is 0 Å². The number of aromatic nitrogens is 2. The summed E-state index contributed by atoms with van der Waals surface area (Å²) < 4.78 is 2.81. The number of hydrogen-bond donors (Lipinski definition) is 1. The summed E-state index contributed by atoms with van der Waals surface area (Å²) in [6.45, 7) is 4.38. The minimum absolute atomic E-state index is 0.556. The Morgan fingerprint density at radius 1 is 1.33 bits per heavy atom. The summed E-state index contributed by atoms with van der Waals surface area (Å²) in [7, 11) is 1.89. The Morgan fingerprint density at radius 3 is 2.61 bits per heavy atom. The molecule has 0 aliphatic carbocycles. The third kappa shape index (κ3) is 2.43. The SMILES string of the molecule is CC(C)Cc1nn(C)c(N)c1-c1ccccc1Br. The molecule has 0 bridgehead atoms. The molecule has 0 aliphatic heterocycles. The monoisotopic (exact) mass is 307 g/mol. The fraction of sp³-hybridized carbons (Fsp3) is 0.357. The van der Waals surface area contributed by atoms with E-state index < -0.39 is 0 Å². The molecule has 4 heteroatoms. The second kappa shape index (κ2) is 5.14. The number of anilines is 1. The van der Waals surface area contributed by atoms with Gasteiger partial charge >= 0.3 is 0 Å². The predicted octanol–water partition coefficient (Wildman–Crippen LogP) is 3.63. The molecule has 0 saturated heterocycles. The smallest absolute Gasteiger partial charge is 0.129 e. The molecule has 1 aromatic heterocycles. The topological polar surface area (TPSA) is 43.8 Å². The van der Waals surface area contributed by atoms with E-state index in [0.717, 1.165) is 33.5 Å². The van der Waals surface area contributed by atoms with Crippen molar-refractivity contribution in [2.45, 2.75) is 20.3 Å². The van der Waals surface area contributed by atoms with Gasteiger partial charge in [-0.15, -0.1) is 0 Å². The van der Waals surface area contributed by atoms with Crippen molar-refractivity contribution in [3.63, 3.8) is 0 Å². The van der Waals surface area contributed by atoms with Gasteiger partial charge < -0.3 is 5.73 Å². The van der Waals surface area contributed by atoms with Gasteiger partial charge in [0.15, 0.2) is 0 Å². The molecule has 1 heterocycles. The van der Waals surface area contributed by atoms with Gasteiger partial charge in [-0.3, -0.25) is 4.68 Å². The molecule has 2 aromatic rings. The van der Waals surface area contributed by atoms with Crippen LogP contribution >= 0.6 is 15.9 Å². The molecule has 0 atom stereocenters. The summed E-state index contributed by atoms with van der Waals surface area (Å²) in [5, 5.41) is 4.54. The number of rotatable bonds is 3. The van der Waals surface area contributed by atoms with Gasteiger partial charge in [-0.05, 0) is 18.4 Å². The molecular weight excluding hydrogens is 290 g/mol. The van der Waals surface area contributed by atoms with Crippen LogP contribution in [0.5, 0.6) is 0 Å². The lowest BCUT2D eigenvalue weighted by molar-refractivity contribution is 0.622. The number of hydrogen-bond acceptors (Lipinski definition) is 2. The molecule has 0 fully saturated rings. The zero-order chi connectivity index (χ0) is 13.3. The van der Waals surface area contributed by atoms with Crippen molar-refractivity contribution in [2.24, 2.45) is 13.0 Å². The van der Waals surface area contributed by atoms with Crippen molar-refractivity contribution in [1.82, 2.24) is 9.78 Å². The summed E-state index contributed by atoms with van der Waals surface area (Å²) in [6.07, 6.45) is 0.932. The average Bonchev–Trinajstić information content (AvgIpc) is 2.55. The molecular formula is C14H18BrN3. The molecule has 0 unspecified atom stereocenters. The van der Waals surface area contributed by atoms with Crippen molar-refractivity contribution in [3.8, 4) is 11.1 Å². The van der Waals surface area contributed by atoms with Gasteiger partial charge in [-0.25, -0.2) is 0 Å². The molecule has 3 nitrogen and oxygen atoms in total. The molecule has 18 heavy (non-hydrogen) atoms. The van der Waals surface area contributed by atoms with Crippen molar-refractivity contribution < 1.29 is 0 Å². The summed E-state index contributed by atoms with van der Waals surface area (Å²) in [6, 6.07) is 8.12. The van der Waals surface area contributed by atoms with E-state index in [4.69, 9.17) is 5.73 Å². The van der Waals surface area contributed by atoms with Crippen LogP contribution in [0.15, 0.2) is 28.7 Å². The molecule has 96 valence electrons. The third-order valence-corrected chi connectivity index (χ3v) is 3.60. The van der Waals surface area contributed by atoms with Gasteiger partial charge in [0, 0.05) is 22.6 Å². The molecule has 0 saturated carbocycles. The van der Waals surface area contributed by atoms with Crippen LogP contribution in [0, 0.1) is 5.92 Å². The second-order valence-electron chi connectivity index (χ2n) is 4.91. The second-order valence-corrected chi connectivity index (χ2v) is 5.76. The molecule has 2 N–H and O–H groups in total. The maximum absolute atomic E-state index is 6.16. The molecule has 0 amide bonds. The Kier molecular flexibility index (Phi) is 3.76. The van der Waals surface area contributed by atoms with E-state index in [1.165, 1.54) is 0 Å². The van der Waals surface area contributed by atoms with Gasteiger partial charge in [0.25, 0.3) is 0 Å². The summed E-state index contributed by atoms with van der Waals surface area (Å²) in [5.41, 5.74) is 9.39. The zero-order valence-electron chi connectivity index (χ0n) is 10.9. The highest BCUT2D eigenvalue weighted by molar-refractivity contribution is 9.10. The Labute approximate surface area is 116 Å². The van der Waals surface area contributed by atoms with Crippen LogP contribution in [-0.2, 0) is 13.5 Å². The lowest BCUT2D eigenvalue weighted by Gasteiger charge is -2.08. The first kappa shape index (κ1) is 13.1. The fourth-order valence-electron chi connectivity index (χ4n) is 2.08. The fourth-order valence-corrected chi connectivity index (χ4v) is 2.56. The average molecular weight is 308 g/mol. The first-order chi connectivity index (χ1) is 8.50. The predicted molar refractivity (Wildman–Crippen MR) is 79.3 cm³/mol. The largest absolute Gasteiger partial charge is 0.383 e. The van der Waals surface area contributed by atoms with Gasteiger partial charge in [-0.1, -0.05) is 48.0 Å². The first-order valence-corrected chi connectivity index (χ1v) is 6.86. The van der Waals surface area contributed by atoms with Crippen molar-refractivity contribution in [2.75, 3.05) is 5.73 Å². The standard InChI is InChI=1S/C14H18BrN3/c1-9(2)8-12-13(14(16)18(3)17-12)10-6-4-5-7-11(10)15/h4-7,9H,8,16H2,1-3H3. The third-order valence-electron chi connectivity index (χ3n) is 2.91. The number of nitrogen functional groups attached to an aromatic ring is 1. The molecule has 0 aliphatic rings. The van der Waals surface area contributed by atoms with Gasteiger partial charge in [0.2, 0.25) is 0 Å². The zero-order valence-corrected chi connectivity index (χ0v) is 12.5. The minimum Gasteiger partial charge on any atom is -0.383 e. The maximum atomic E-state index is 6.16. The van der Waals surface area contributed by atoms with E-state index in [0.29, 0.717) is 5.92 Å². The van der Waals surface area contributed by atoms with Crippen molar-refractivity contribution >= 4 is 21.7 Å². The number of nitrogens with zero attached hydrogens (tertiary/aromatic N) is 2. The quantitative estimate of drug-likeness (QED) is 0.941. The van der Waals surface area contributed by atoms with E-state index in [1.807, 2.05) is 25.2 Å². The van der Waals surface area contributed by atoms with E-state index in [1.54, 1.807) is 4.68 Å². The van der Waals surface area contributed by atoms with E-state index in [9.17, 15) is 0 Å². The minimum atomic E-state index is 0.556. The van der Waals surface area contributed by atoms with Crippen LogP contribution in [0.1, 0.15) is 19.5 Å². The number of benzene rings is 1. The summed E-state index contributed by atoms with van der Waals surface area (Å²) in [4.78, 5) is 0. The Morgan fingerprint density at radius 2 is 2.00 bits per heavy atom. The summed E-state index contributed by atoms with van der Waals surface area (Å²) in [5.74, 6) is 1.28. The number of aryl methyl sites for hydroxylation is 1. The van der Waals surface area contributed by atoms with Crippen molar-refractivity contribution in [3.05, 3.63) is 34.4 Å². The van der Waals surface area contributed by atoms with Crippen molar-refractivity contribution in [1.29, 1.82) is 0 Å². The van der Waals surface area contributed by atoms with E-state index in [-0.39, 0.29) is 0 Å². The lowest BCUT2D eigenvalue weighted by Crippen LogP contribution is -1.98. The Bertz CT molecular complexity index is 558. The van der Waals surface area contributed by atoms with Gasteiger partial charge in [0.1, 0.15) is 5.82 Å². The van der Waals surface area contributed by atoms with E-state index in [2.05, 4.69) is 40.9 Å². The highest BCUT2D eigenvalue weighted by Crippen LogP contribution is 2.35. The highest BCUT2D eigenvalue weighted by atomic mass is 79.9. The first-order valence-electron chi connectivity index (χ1n) is 6.07. The number of nitrogens with two attached hydrogens (primary N) is 1. The van der Waals surface area contributed by atoms with E-state index >= 15 is 0 Å². The van der Waals surface area contributed by atoms with Gasteiger partial charge in [-0.2, -0.15) is 5.10 Å². The molecule has 0 radical (unpaired) electrons. The maximum Gasteiger partial charge on any atom is 0.129 e. The van der Waals surface area contributed by atoms with Crippen LogP contribution in [0.4, 0.5) is 5.82 Å². The number of halogens is 1. The highest BCUT2D eigenvalue weighted by Gasteiger charge is 2.18. The van der Waals surface area contributed by atoms with Crippen LogP contribution in [0.25, 0.3) is 11.1 Å². The van der Waals surface area contributed by atoms with Crippen LogP contribution < -0.4 is 5.73 Å². The Balaban J connectivity index is 2.59. The normalized spacial score (nSPS) is 11.2. The summed E-state index contributed by atoms with van der Waals surface area (Å²) >= 11 is 3.58. The molecule has 2 rings (SSSR count). The Hall–Kier alpha value is -1.29. The molecule has 1 aromatic carbocycles. The molecule has 0 spiro atoms.